The van der Waals surface area contributed by atoms with E-state index >= 15 is 0 Å². The number of likely N-dealkylation sites (tertiary alicyclic amines) is 1. The number of benzene rings is 3. The first-order valence-corrected chi connectivity index (χ1v) is 15.7. The molecule has 11 heteroatoms. The lowest BCUT2D eigenvalue weighted by atomic mass is 9.67. The molecular weight excluding hydrogens is 597 g/mol. The normalized spacial score (nSPS) is 21.5. The average Bonchev–Trinajstić information content (AvgIpc) is 2.95. The standard InChI is InChI=1S/C31H31Cl2N3O5S/c1-3-25(19-35-42(40,41)26-9-4-6-20(14-26)18-34)36-29(21-10-12-23(32)13-11-21)27(22-7-5-8-24(33)15-22)16-31(2,30(36)39)17-28(37)38/h4-15,25,27,29,35H,3,16-17,19H2,1-2H3,(H,37,38)/t25-,27+,29+,31+/m0/s1. The molecule has 1 aliphatic rings. The third-order valence-electron chi connectivity index (χ3n) is 7.78. The lowest BCUT2D eigenvalue weighted by Gasteiger charge is -2.52. The number of nitrogens with zero attached hydrogens (tertiary/aromatic N) is 2. The zero-order valence-corrected chi connectivity index (χ0v) is 25.5. The highest BCUT2D eigenvalue weighted by molar-refractivity contribution is 7.89. The number of carbonyl (C=O) groups excluding carboxylic acids is 1. The number of sulfonamides is 1. The summed E-state index contributed by atoms with van der Waals surface area (Å²) in [7, 11) is -4.03. The Morgan fingerprint density at radius 3 is 2.40 bits per heavy atom. The average molecular weight is 629 g/mol. The number of amides is 1. The number of carboxylic acid groups (broad SMARTS) is 1. The van der Waals surface area contributed by atoms with E-state index in [0.717, 1.165) is 11.1 Å². The van der Waals surface area contributed by atoms with E-state index in [9.17, 15) is 28.4 Å². The fraction of sp³-hybridized carbons (Fsp3) is 0.323. The van der Waals surface area contributed by atoms with Gasteiger partial charge in [-0.05, 0) is 66.4 Å². The van der Waals surface area contributed by atoms with Gasteiger partial charge in [0.05, 0.1) is 34.4 Å². The Kier molecular flexibility index (Phi) is 9.63. The van der Waals surface area contributed by atoms with Gasteiger partial charge < -0.3 is 10.0 Å². The molecule has 220 valence electrons. The molecule has 3 aromatic rings. The zero-order chi connectivity index (χ0) is 30.7. The molecule has 8 nitrogen and oxygen atoms in total. The zero-order valence-electron chi connectivity index (χ0n) is 23.1. The maximum atomic E-state index is 14.4. The molecule has 0 unspecified atom stereocenters. The first-order valence-electron chi connectivity index (χ1n) is 13.4. The summed E-state index contributed by atoms with van der Waals surface area (Å²) in [5.74, 6) is -1.84. The van der Waals surface area contributed by atoms with Gasteiger partial charge in [0.15, 0.2) is 0 Å². The number of nitriles is 1. The lowest BCUT2D eigenvalue weighted by molar-refractivity contribution is -0.160. The van der Waals surface area contributed by atoms with Gasteiger partial charge in [0.25, 0.3) is 0 Å². The van der Waals surface area contributed by atoms with Gasteiger partial charge in [0, 0.05) is 28.5 Å². The smallest absolute Gasteiger partial charge is 0.304 e. The van der Waals surface area contributed by atoms with Crippen molar-refractivity contribution in [2.45, 2.75) is 56.0 Å². The van der Waals surface area contributed by atoms with E-state index in [0.29, 0.717) is 16.5 Å². The van der Waals surface area contributed by atoms with Crippen molar-refractivity contribution in [3.63, 3.8) is 0 Å². The molecule has 2 N–H and O–H groups in total. The molecule has 1 saturated heterocycles. The minimum atomic E-state index is -4.03. The van der Waals surface area contributed by atoms with Gasteiger partial charge in [0.1, 0.15) is 0 Å². The van der Waals surface area contributed by atoms with Gasteiger partial charge in [-0.2, -0.15) is 5.26 Å². The Hall–Kier alpha value is -3.42. The van der Waals surface area contributed by atoms with Crippen molar-refractivity contribution in [3.05, 3.63) is 99.5 Å². The van der Waals surface area contributed by atoms with E-state index in [1.165, 1.54) is 24.3 Å². The maximum absolute atomic E-state index is 14.4. The molecule has 0 bridgehead atoms. The van der Waals surface area contributed by atoms with Crippen LogP contribution in [0.4, 0.5) is 0 Å². The Balaban J connectivity index is 1.82. The summed E-state index contributed by atoms with van der Waals surface area (Å²) in [6.45, 7) is 3.37. The number of nitrogens with one attached hydrogen (secondary N) is 1. The maximum Gasteiger partial charge on any atom is 0.304 e. The SMILES string of the molecule is CC[C@@H](CNS(=O)(=O)c1cccc(C#N)c1)N1C(=O)[C@@](C)(CC(=O)O)C[C@H](c2cccc(Cl)c2)[C@H]1c1ccc(Cl)cc1. The van der Waals surface area contributed by atoms with E-state index in [4.69, 9.17) is 23.2 Å². The highest BCUT2D eigenvalue weighted by Gasteiger charge is 2.52. The minimum absolute atomic E-state index is 0.0665. The van der Waals surface area contributed by atoms with Crippen LogP contribution in [0.25, 0.3) is 0 Å². The van der Waals surface area contributed by atoms with Crippen LogP contribution in [0, 0.1) is 16.7 Å². The number of hydrogen-bond donors (Lipinski definition) is 2. The number of carboxylic acids is 1. The number of hydrogen-bond acceptors (Lipinski definition) is 5. The van der Waals surface area contributed by atoms with Crippen LogP contribution in [0.3, 0.4) is 0 Å². The Morgan fingerprint density at radius 1 is 1.10 bits per heavy atom. The topological polar surface area (TPSA) is 128 Å². The highest BCUT2D eigenvalue weighted by atomic mass is 35.5. The van der Waals surface area contributed by atoms with Crippen molar-refractivity contribution in [1.82, 2.24) is 9.62 Å². The second-order valence-electron chi connectivity index (χ2n) is 10.8. The molecule has 0 spiro atoms. The first kappa shape index (κ1) is 31.5. The van der Waals surface area contributed by atoms with Gasteiger partial charge >= 0.3 is 5.97 Å². The number of carbonyl (C=O) groups is 2. The number of aliphatic carboxylic acids is 1. The van der Waals surface area contributed by atoms with E-state index in [-0.39, 0.29) is 35.2 Å². The van der Waals surface area contributed by atoms with Gasteiger partial charge in [-0.15, -0.1) is 0 Å². The van der Waals surface area contributed by atoms with E-state index in [1.807, 2.05) is 43.3 Å². The van der Waals surface area contributed by atoms with E-state index in [1.54, 1.807) is 30.0 Å². The molecule has 0 aromatic heterocycles. The molecule has 0 saturated carbocycles. The molecule has 1 amide bonds. The molecule has 42 heavy (non-hydrogen) atoms. The van der Waals surface area contributed by atoms with E-state index in [2.05, 4.69) is 4.72 Å². The summed E-state index contributed by atoms with van der Waals surface area (Å²) in [6, 6.07) is 20.8. The second-order valence-corrected chi connectivity index (χ2v) is 13.4. The van der Waals surface area contributed by atoms with Gasteiger partial charge in [-0.1, -0.05) is 67.4 Å². The van der Waals surface area contributed by atoms with Crippen LogP contribution in [0.15, 0.2) is 77.7 Å². The summed E-state index contributed by atoms with van der Waals surface area (Å²) in [5.41, 5.74) is 0.543. The van der Waals surface area contributed by atoms with Gasteiger partial charge in [-0.3, -0.25) is 9.59 Å². The third-order valence-corrected chi connectivity index (χ3v) is 9.69. The van der Waals surface area contributed by atoms with E-state index < -0.39 is 39.9 Å². The van der Waals surface area contributed by atoms with Crippen molar-refractivity contribution in [2.75, 3.05) is 6.54 Å². The van der Waals surface area contributed by atoms with Crippen molar-refractivity contribution in [1.29, 1.82) is 5.26 Å². The van der Waals surface area contributed by atoms with Crippen LogP contribution in [0.2, 0.25) is 10.0 Å². The second kappa shape index (κ2) is 12.8. The van der Waals surface area contributed by atoms with Gasteiger partial charge in [-0.25, -0.2) is 13.1 Å². The number of halogens is 2. The van der Waals surface area contributed by atoms with Crippen LogP contribution < -0.4 is 4.72 Å². The Morgan fingerprint density at radius 2 is 1.79 bits per heavy atom. The minimum Gasteiger partial charge on any atom is -0.481 e. The molecule has 4 rings (SSSR count). The van der Waals surface area contributed by atoms with Crippen molar-refractivity contribution < 1.29 is 23.1 Å². The van der Waals surface area contributed by atoms with Crippen molar-refractivity contribution in [3.8, 4) is 6.07 Å². The number of rotatable bonds is 10. The summed E-state index contributed by atoms with van der Waals surface area (Å²) in [6.07, 6.45) is 0.225. The molecule has 1 aliphatic heterocycles. The van der Waals surface area contributed by atoms with Crippen molar-refractivity contribution in [2.24, 2.45) is 5.41 Å². The molecule has 1 heterocycles. The monoisotopic (exact) mass is 627 g/mol. The van der Waals surface area contributed by atoms with Crippen LogP contribution in [0.5, 0.6) is 0 Å². The molecule has 0 aliphatic carbocycles. The van der Waals surface area contributed by atoms with Crippen molar-refractivity contribution >= 4 is 45.1 Å². The molecule has 0 radical (unpaired) electrons. The largest absolute Gasteiger partial charge is 0.481 e. The fourth-order valence-electron chi connectivity index (χ4n) is 5.74. The summed E-state index contributed by atoms with van der Waals surface area (Å²) < 4.78 is 29.1. The predicted octanol–water partition coefficient (Wildman–Crippen LogP) is 6.16. The van der Waals surface area contributed by atoms with Crippen LogP contribution in [-0.4, -0.2) is 42.9 Å². The Labute approximate surface area is 255 Å². The van der Waals surface area contributed by atoms with Gasteiger partial charge in [0.2, 0.25) is 15.9 Å². The Bertz CT molecular complexity index is 1620. The molecule has 4 atom stereocenters. The summed E-state index contributed by atoms with van der Waals surface area (Å²) >= 11 is 12.6. The first-order chi connectivity index (χ1) is 19.9. The predicted molar refractivity (Wildman–Crippen MR) is 161 cm³/mol. The fourth-order valence-corrected chi connectivity index (χ4v) is 7.19. The highest BCUT2D eigenvalue weighted by Crippen LogP contribution is 2.52. The molecule has 1 fully saturated rings. The van der Waals surface area contributed by atoms with Crippen LogP contribution >= 0.6 is 23.2 Å². The molecular formula is C31H31Cl2N3O5S. The van der Waals surface area contributed by atoms with Crippen LogP contribution in [-0.2, 0) is 19.6 Å². The number of piperidine rings is 1. The summed E-state index contributed by atoms with van der Waals surface area (Å²) in [4.78, 5) is 27.9. The van der Waals surface area contributed by atoms with Crippen LogP contribution in [0.1, 0.15) is 61.8 Å². The summed E-state index contributed by atoms with van der Waals surface area (Å²) in [5, 5.41) is 20.0. The third kappa shape index (κ3) is 6.79. The lowest BCUT2D eigenvalue weighted by Crippen LogP contribution is -2.58. The molecule has 3 aromatic carbocycles. The quantitative estimate of drug-likeness (QED) is 0.277.